The fourth-order valence-electron chi connectivity index (χ4n) is 1.35. The molecule has 0 fully saturated rings. The van der Waals surface area contributed by atoms with Crippen molar-refractivity contribution in [1.29, 1.82) is 0 Å². The molecule has 0 aliphatic heterocycles. The van der Waals surface area contributed by atoms with Crippen LogP contribution < -0.4 is 0 Å². The summed E-state index contributed by atoms with van der Waals surface area (Å²) in [7, 11) is 0. The second-order valence-electron chi connectivity index (χ2n) is 3.50. The molecule has 0 amide bonds. The number of esters is 1. The Balaban J connectivity index is 2.79. The van der Waals surface area contributed by atoms with E-state index in [9.17, 15) is 4.79 Å². The third kappa shape index (κ3) is 4.86. The van der Waals surface area contributed by atoms with Gasteiger partial charge in [0.1, 0.15) is 6.61 Å². The first-order valence-electron chi connectivity index (χ1n) is 5.72. The average Bonchev–Trinajstić information content (AvgIpc) is 2.39. The molecule has 0 N–H and O–H groups in total. The Morgan fingerprint density at radius 3 is 2.72 bits per heavy atom. The predicted octanol–water partition coefficient (Wildman–Crippen LogP) is 2.28. The molecular formula is C15H16O3. The summed E-state index contributed by atoms with van der Waals surface area (Å²) in [6.45, 7) is 2.42. The lowest BCUT2D eigenvalue weighted by Crippen LogP contribution is -2.12. The maximum absolute atomic E-state index is 11.7. The average molecular weight is 244 g/mol. The molecule has 1 rings (SSSR count). The third-order valence-electron chi connectivity index (χ3n) is 2.12. The molecule has 3 heteroatoms. The number of hydrogen-bond donors (Lipinski definition) is 0. The van der Waals surface area contributed by atoms with Gasteiger partial charge in [0.15, 0.2) is 0 Å². The van der Waals surface area contributed by atoms with Crippen molar-refractivity contribution in [2.45, 2.75) is 6.92 Å². The van der Waals surface area contributed by atoms with Crippen molar-refractivity contribution in [1.82, 2.24) is 0 Å². The number of rotatable bonds is 6. The number of benzene rings is 1. The smallest absolute Gasteiger partial charge is 0.336 e. The summed E-state index contributed by atoms with van der Waals surface area (Å²) in [5, 5.41) is 0. The molecule has 1 aromatic rings. The fraction of sp³-hybridized carbons (Fsp3) is 0.267. The first-order chi connectivity index (χ1) is 8.77. The van der Waals surface area contributed by atoms with Crippen LogP contribution in [0.3, 0.4) is 0 Å². The van der Waals surface area contributed by atoms with Crippen LogP contribution in [0, 0.1) is 12.3 Å². The van der Waals surface area contributed by atoms with Crippen LogP contribution >= 0.6 is 0 Å². The Morgan fingerprint density at radius 1 is 1.39 bits per heavy atom. The highest BCUT2D eigenvalue weighted by atomic mass is 16.5. The first kappa shape index (κ1) is 14.0. The molecular weight excluding hydrogens is 228 g/mol. The van der Waals surface area contributed by atoms with Crippen LogP contribution in [-0.2, 0) is 14.3 Å². The predicted molar refractivity (Wildman–Crippen MR) is 70.7 cm³/mol. The van der Waals surface area contributed by atoms with Crippen molar-refractivity contribution >= 4 is 12.0 Å². The summed E-state index contributed by atoms with van der Waals surface area (Å²) in [6, 6.07) is 9.52. The monoisotopic (exact) mass is 244 g/mol. The maximum atomic E-state index is 11.7. The zero-order chi connectivity index (χ0) is 13.2. The molecule has 1 aromatic carbocycles. The van der Waals surface area contributed by atoms with E-state index in [1.807, 2.05) is 30.3 Å². The van der Waals surface area contributed by atoms with Crippen LogP contribution in [-0.4, -0.2) is 25.8 Å². The van der Waals surface area contributed by atoms with Gasteiger partial charge in [0.05, 0.1) is 18.8 Å². The Morgan fingerprint density at radius 2 is 2.11 bits per heavy atom. The SMILES string of the molecule is C#CCOC/C(=C\c1ccccc1)C(=O)OCC. The van der Waals surface area contributed by atoms with Crippen molar-refractivity contribution in [2.24, 2.45) is 0 Å². The number of carbonyl (C=O) groups excluding carboxylic acids is 1. The summed E-state index contributed by atoms with van der Waals surface area (Å²) in [6.07, 6.45) is 6.84. The quantitative estimate of drug-likeness (QED) is 0.333. The van der Waals surface area contributed by atoms with Gasteiger partial charge in [0.25, 0.3) is 0 Å². The number of hydrogen-bond acceptors (Lipinski definition) is 3. The fourth-order valence-corrected chi connectivity index (χ4v) is 1.35. The minimum absolute atomic E-state index is 0.151. The van der Waals surface area contributed by atoms with Crippen molar-refractivity contribution in [2.75, 3.05) is 19.8 Å². The van der Waals surface area contributed by atoms with Crippen LogP contribution in [0.15, 0.2) is 35.9 Å². The van der Waals surface area contributed by atoms with E-state index in [2.05, 4.69) is 5.92 Å². The van der Waals surface area contributed by atoms with Crippen LogP contribution in [0.1, 0.15) is 12.5 Å². The van der Waals surface area contributed by atoms with E-state index in [-0.39, 0.29) is 19.2 Å². The van der Waals surface area contributed by atoms with Crippen molar-refractivity contribution in [3.63, 3.8) is 0 Å². The highest BCUT2D eigenvalue weighted by molar-refractivity contribution is 5.93. The number of terminal acetylenes is 1. The molecule has 18 heavy (non-hydrogen) atoms. The topological polar surface area (TPSA) is 35.5 Å². The molecule has 0 aromatic heterocycles. The van der Waals surface area contributed by atoms with Gasteiger partial charge in [-0.2, -0.15) is 0 Å². The largest absolute Gasteiger partial charge is 0.463 e. The van der Waals surface area contributed by atoms with Gasteiger partial charge in [-0.15, -0.1) is 6.42 Å². The molecule has 0 unspecified atom stereocenters. The molecule has 0 aliphatic rings. The number of carbonyl (C=O) groups is 1. The van der Waals surface area contributed by atoms with E-state index in [0.717, 1.165) is 5.56 Å². The normalized spacial score (nSPS) is 10.8. The molecule has 0 saturated heterocycles. The van der Waals surface area contributed by atoms with Gasteiger partial charge in [0.2, 0.25) is 0 Å². The lowest BCUT2D eigenvalue weighted by atomic mass is 10.1. The Hall–Kier alpha value is -2.05. The third-order valence-corrected chi connectivity index (χ3v) is 2.12. The van der Waals surface area contributed by atoms with Gasteiger partial charge in [-0.05, 0) is 18.6 Å². The number of ether oxygens (including phenoxy) is 2. The van der Waals surface area contributed by atoms with Gasteiger partial charge in [0, 0.05) is 0 Å². The summed E-state index contributed by atoms with van der Waals surface area (Å²) >= 11 is 0. The second kappa shape index (κ2) is 8.10. The van der Waals surface area contributed by atoms with Gasteiger partial charge < -0.3 is 9.47 Å². The van der Waals surface area contributed by atoms with Crippen LogP contribution in [0.25, 0.3) is 6.08 Å². The highest BCUT2D eigenvalue weighted by Gasteiger charge is 2.10. The summed E-state index contributed by atoms with van der Waals surface area (Å²) in [5.41, 5.74) is 1.38. The van der Waals surface area contributed by atoms with Gasteiger partial charge in [-0.1, -0.05) is 36.3 Å². The van der Waals surface area contributed by atoms with Crippen LogP contribution in [0.2, 0.25) is 0 Å². The van der Waals surface area contributed by atoms with E-state index in [1.165, 1.54) is 0 Å². The lowest BCUT2D eigenvalue weighted by molar-refractivity contribution is -0.139. The molecule has 94 valence electrons. The minimum Gasteiger partial charge on any atom is -0.463 e. The standard InChI is InChI=1S/C15H16O3/c1-3-10-17-12-14(15(16)18-4-2)11-13-8-6-5-7-9-13/h1,5-9,11H,4,10,12H2,2H3/b14-11+. The summed E-state index contributed by atoms with van der Waals surface area (Å²) in [4.78, 5) is 11.7. The van der Waals surface area contributed by atoms with E-state index in [0.29, 0.717) is 12.2 Å². The Kier molecular flexibility index (Phi) is 6.31. The van der Waals surface area contributed by atoms with Gasteiger partial charge in [-0.3, -0.25) is 0 Å². The molecule has 0 heterocycles. The molecule has 0 radical (unpaired) electrons. The zero-order valence-corrected chi connectivity index (χ0v) is 10.4. The van der Waals surface area contributed by atoms with Crippen LogP contribution in [0.5, 0.6) is 0 Å². The molecule has 0 spiro atoms. The van der Waals surface area contributed by atoms with Crippen LogP contribution in [0.4, 0.5) is 0 Å². The van der Waals surface area contributed by atoms with Crippen molar-refractivity contribution in [3.05, 3.63) is 41.5 Å². The van der Waals surface area contributed by atoms with Crippen molar-refractivity contribution in [3.8, 4) is 12.3 Å². The van der Waals surface area contributed by atoms with Gasteiger partial charge >= 0.3 is 5.97 Å². The zero-order valence-electron chi connectivity index (χ0n) is 10.4. The molecule has 3 nitrogen and oxygen atoms in total. The van der Waals surface area contributed by atoms with E-state index < -0.39 is 0 Å². The van der Waals surface area contributed by atoms with Crippen molar-refractivity contribution < 1.29 is 14.3 Å². The summed E-state index contributed by atoms with van der Waals surface area (Å²) in [5.74, 6) is 1.98. The van der Waals surface area contributed by atoms with E-state index >= 15 is 0 Å². The molecule has 0 saturated carbocycles. The summed E-state index contributed by atoms with van der Waals surface area (Å²) < 4.78 is 10.1. The molecule has 0 aliphatic carbocycles. The van der Waals surface area contributed by atoms with E-state index in [4.69, 9.17) is 15.9 Å². The van der Waals surface area contributed by atoms with E-state index in [1.54, 1.807) is 13.0 Å². The molecule has 0 bridgehead atoms. The Labute approximate surface area is 107 Å². The Bertz CT molecular complexity index is 441. The second-order valence-corrected chi connectivity index (χ2v) is 3.50. The minimum atomic E-state index is -0.377. The first-order valence-corrected chi connectivity index (χ1v) is 5.72. The molecule has 0 atom stereocenters. The highest BCUT2D eigenvalue weighted by Crippen LogP contribution is 2.09. The lowest BCUT2D eigenvalue weighted by Gasteiger charge is -2.07. The van der Waals surface area contributed by atoms with Gasteiger partial charge in [-0.25, -0.2) is 4.79 Å². The maximum Gasteiger partial charge on any atom is 0.336 e.